The molecular weight excluding hydrogens is 276 g/mol. The highest BCUT2D eigenvalue weighted by Crippen LogP contribution is 2.25. The van der Waals surface area contributed by atoms with Gasteiger partial charge in [-0.05, 0) is 25.2 Å². The van der Waals surface area contributed by atoms with Gasteiger partial charge in [0, 0.05) is 19.7 Å². The zero-order valence-electron chi connectivity index (χ0n) is 12.0. The second-order valence-corrected chi connectivity index (χ2v) is 5.32. The van der Waals surface area contributed by atoms with Gasteiger partial charge in [0.1, 0.15) is 5.69 Å². The van der Waals surface area contributed by atoms with Gasteiger partial charge in [-0.1, -0.05) is 13.3 Å². The van der Waals surface area contributed by atoms with Crippen LogP contribution in [-0.4, -0.2) is 50.7 Å². The van der Waals surface area contributed by atoms with E-state index in [9.17, 15) is 14.9 Å². The van der Waals surface area contributed by atoms with E-state index in [0.29, 0.717) is 38.0 Å². The van der Waals surface area contributed by atoms with Crippen LogP contribution < -0.4 is 0 Å². The fourth-order valence-electron chi connectivity index (χ4n) is 2.61. The lowest BCUT2D eigenvalue weighted by atomic mass is 9.97. The van der Waals surface area contributed by atoms with Crippen LogP contribution in [0.5, 0.6) is 0 Å². The summed E-state index contributed by atoms with van der Waals surface area (Å²) in [6.45, 7) is 3.02. The van der Waals surface area contributed by atoms with Crippen LogP contribution in [0, 0.1) is 16.0 Å². The molecule has 0 atom stereocenters. The number of nitrogens with zero attached hydrogens (tertiary/aromatic N) is 3. The van der Waals surface area contributed by atoms with E-state index in [4.69, 9.17) is 5.11 Å². The molecule has 8 nitrogen and oxygen atoms in total. The minimum absolute atomic E-state index is 0.106. The van der Waals surface area contributed by atoms with Crippen molar-refractivity contribution in [3.05, 3.63) is 21.5 Å². The molecule has 1 aromatic heterocycles. The number of hydrogen-bond acceptors (Lipinski definition) is 5. The maximum Gasteiger partial charge on any atom is 0.322 e. The molecule has 1 fully saturated rings. The first kappa shape index (κ1) is 15.4. The number of nitrogens with one attached hydrogen (secondary N) is 1. The van der Waals surface area contributed by atoms with Gasteiger partial charge in [-0.15, -0.1) is 0 Å². The summed E-state index contributed by atoms with van der Waals surface area (Å²) in [6, 6.07) is 0. The Morgan fingerprint density at radius 3 is 2.71 bits per heavy atom. The molecule has 21 heavy (non-hydrogen) atoms. The van der Waals surface area contributed by atoms with Gasteiger partial charge in [0.2, 0.25) is 5.69 Å². The number of aromatic nitrogens is 2. The number of aryl methyl sites for hydroxylation is 1. The quantitative estimate of drug-likeness (QED) is 0.624. The summed E-state index contributed by atoms with van der Waals surface area (Å²) >= 11 is 0. The molecule has 1 amide bonds. The first-order valence-electron chi connectivity index (χ1n) is 7.20. The zero-order chi connectivity index (χ0) is 15.4. The van der Waals surface area contributed by atoms with Crippen molar-refractivity contribution >= 4 is 11.6 Å². The van der Waals surface area contributed by atoms with Crippen molar-refractivity contribution < 1.29 is 14.8 Å². The number of H-pyrrole nitrogens is 1. The molecule has 0 saturated carbocycles. The standard InChI is InChI=1S/C13H20N4O4/c1-2-3-10-12(17(20)21)11(15-14-10)13(19)16-6-4-9(8-18)5-7-16/h9,18H,2-8H2,1H3,(H,14,15). The number of aromatic amines is 1. The van der Waals surface area contributed by atoms with Crippen molar-refractivity contribution in [3.63, 3.8) is 0 Å². The summed E-state index contributed by atoms with van der Waals surface area (Å²) < 4.78 is 0. The maximum atomic E-state index is 12.4. The van der Waals surface area contributed by atoms with Crippen LogP contribution in [0.15, 0.2) is 0 Å². The number of nitro groups is 1. The van der Waals surface area contributed by atoms with Crippen LogP contribution in [0.3, 0.4) is 0 Å². The van der Waals surface area contributed by atoms with Crippen LogP contribution in [0.2, 0.25) is 0 Å². The number of amides is 1. The number of hydrogen-bond donors (Lipinski definition) is 2. The molecule has 1 saturated heterocycles. The molecule has 116 valence electrons. The zero-order valence-corrected chi connectivity index (χ0v) is 12.0. The third-order valence-electron chi connectivity index (χ3n) is 3.86. The SMILES string of the molecule is CCCc1[nH]nc(C(=O)N2CCC(CO)CC2)c1[N+](=O)[O-]. The van der Waals surface area contributed by atoms with E-state index in [-0.39, 0.29) is 23.9 Å². The third kappa shape index (κ3) is 3.21. The lowest BCUT2D eigenvalue weighted by Crippen LogP contribution is -2.39. The summed E-state index contributed by atoms with van der Waals surface area (Å²) in [5.74, 6) is -0.199. The fraction of sp³-hybridized carbons (Fsp3) is 0.692. The largest absolute Gasteiger partial charge is 0.396 e. The van der Waals surface area contributed by atoms with Crippen LogP contribution in [0.25, 0.3) is 0 Å². The number of likely N-dealkylation sites (tertiary alicyclic amines) is 1. The summed E-state index contributed by atoms with van der Waals surface area (Å²) in [6.07, 6.45) is 2.65. The molecule has 0 aromatic carbocycles. The fourth-order valence-corrected chi connectivity index (χ4v) is 2.61. The first-order valence-corrected chi connectivity index (χ1v) is 7.20. The van der Waals surface area contributed by atoms with Crippen LogP contribution >= 0.6 is 0 Å². The van der Waals surface area contributed by atoms with E-state index < -0.39 is 10.8 Å². The Bertz CT molecular complexity index is 520. The Labute approximate surface area is 122 Å². The van der Waals surface area contributed by atoms with Gasteiger partial charge in [-0.3, -0.25) is 20.0 Å². The Kier molecular flexibility index (Phi) is 4.89. The molecule has 1 aliphatic heterocycles. The molecule has 0 aliphatic carbocycles. The minimum Gasteiger partial charge on any atom is -0.396 e. The molecule has 0 radical (unpaired) electrons. The average molecular weight is 296 g/mol. The highest BCUT2D eigenvalue weighted by Gasteiger charge is 2.33. The van der Waals surface area contributed by atoms with Gasteiger partial charge in [-0.2, -0.15) is 5.10 Å². The van der Waals surface area contributed by atoms with Crippen LogP contribution in [-0.2, 0) is 6.42 Å². The van der Waals surface area contributed by atoms with Crippen LogP contribution in [0.4, 0.5) is 5.69 Å². The van der Waals surface area contributed by atoms with Crippen molar-refractivity contribution in [1.29, 1.82) is 0 Å². The molecule has 8 heteroatoms. The van der Waals surface area contributed by atoms with Gasteiger partial charge in [0.15, 0.2) is 0 Å². The predicted octanol–water partition coefficient (Wildman–Crippen LogP) is 1.11. The monoisotopic (exact) mass is 296 g/mol. The lowest BCUT2D eigenvalue weighted by molar-refractivity contribution is -0.385. The third-order valence-corrected chi connectivity index (χ3v) is 3.86. The number of aliphatic hydroxyl groups is 1. The molecule has 0 unspecified atom stereocenters. The topological polar surface area (TPSA) is 112 Å². The summed E-state index contributed by atoms with van der Waals surface area (Å²) in [4.78, 5) is 24.7. The Hall–Kier alpha value is -1.96. The second kappa shape index (κ2) is 6.66. The van der Waals surface area contributed by atoms with Gasteiger partial charge >= 0.3 is 5.69 Å². The molecule has 1 aliphatic rings. The van der Waals surface area contributed by atoms with Gasteiger partial charge in [0.05, 0.1) is 4.92 Å². The average Bonchev–Trinajstić information content (AvgIpc) is 2.91. The maximum absolute atomic E-state index is 12.4. The van der Waals surface area contributed by atoms with E-state index in [1.807, 2.05) is 6.92 Å². The molecular formula is C13H20N4O4. The van der Waals surface area contributed by atoms with E-state index in [2.05, 4.69) is 10.2 Å². The van der Waals surface area contributed by atoms with Crippen molar-refractivity contribution in [1.82, 2.24) is 15.1 Å². The highest BCUT2D eigenvalue weighted by atomic mass is 16.6. The minimum atomic E-state index is -0.539. The molecule has 2 rings (SSSR count). The van der Waals surface area contributed by atoms with Crippen molar-refractivity contribution in [2.24, 2.45) is 5.92 Å². The van der Waals surface area contributed by atoms with E-state index in [1.54, 1.807) is 4.90 Å². The van der Waals surface area contributed by atoms with Crippen molar-refractivity contribution in [2.45, 2.75) is 32.6 Å². The number of aliphatic hydroxyl groups excluding tert-OH is 1. The Morgan fingerprint density at radius 2 is 2.19 bits per heavy atom. The Morgan fingerprint density at radius 1 is 1.52 bits per heavy atom. The molecule has 2 heterocycles. The normalized spacial score (nSPS) is 16.2. The number of rotatable bonds is 5. The van der Waals surface area contributed by atoms with E-state index >= 15 is 0 Å². The van der Waals surface area contributed by atoms with E-state index in [0.717, 1.165) is 6.42 Å². The van der Waals surface area contributed by atoms with Gasteiger partial charge < -0.3 is 10.0 Å². The van der Waals surface area contributed by atoms with E-state index in [1.165, 1.54) is 0 Å². The van der Waals surface area contributed by atoms with Crippen molar-refractivity contribution in [2.75, 3.05) is 19.7 Å². The number of carbonyl (C=O) groups excluding carboxylic acids is 1. The van der Waals surface area contributed by atoms with Crippen LogP contribution in [0.1, 0.15) is 42.4 Å². The molecule has 0 bridgehead atoms. The van der Waals surface area contributed by atoms with Gasteiger partial charge in [0.25, 0.3) is 5.91 Å². The smallest absolute Gasteiger partial charge is 0.322 e. The highest BCUT2D eigenvalue weighted by molar-refractivity contribution is 5.96. The molecule has 0 spiro atoms. The summed E-state index contributed by atoms with van der Waals surface area (Å²) in [5.41, 5.74) is 0.0909. The lowest BCUT2D eigenvalue weighted by Gasteiger charge is -2.30. The van der Waals surface area contributed by atoms with Gasteiger partial charge in [-0.25, -0.2) is 0 Å². The molecule has 1 aromatic rings. The summed E-state index contributed by atoms with van der Waals surface area (Å²) in [7, 11) is 0. The number of carbonyl (C=O) groups is 1. The first-order chi connectivity index (χ1) is 10.1. The predicted molar refractivity (Wildman–Crippen MR) is 75.0 cm³/mol. The second-order valence-electron chi connectivity index (χ2n) is 5.32. The summed E-state index contributed by atoms with van der Waals surface area (Å²) in [5, 5.41) is 26.8. The Balaban J connectivity index is 2.18. The molecule has 2 N–H and O–H groups in total. The number of piperidine rings is 1. The van der Waals surface area contributed by atoms with Crippen molar-refractivity contribution in [3.8, 4) is 0 Å².